The van der Waals surface area contributed by atoms with E-state index < -0.39 is 0 Å². The van der Waals surface area contributed by atoms with Gasteiger partial charge in [0, 0.05) is 19.5 Å². The van der Waals surface area contributed by atoms with Crippen molar-refractivity contribution in [2.75, 3.05) is 25.5 Å². The molecule has 0 bridgehead atoms. The van der Waals surface area contributed by atoms with Crippen LogP contribution in [-0.2, 0) is 4.79 Å². The zero-order valence-electron chi connectivity index (χ0n) is 12.7. The summed E-state index contributed by atoms with van der Waals surface area (Å²) in [7, 11) is 1.97. The van der Waals surface area contributed by atoms with Crippen molar-refractivity contribution in [1.82, 2.24) is 4.90 Å². The van der Waals surface area contributed by atoms with Gasteiger partial charge in [0.25, 0.3) is 0 Å². The fourth-order valence-electron chi connectivity index (χ4n) is 2.83. The van der Waals surface area contributed by atoms with Crippen LogP contribution >= 0.6 is 23.2 Å². The first kappa shape index (κ1) is 17.5. The molecule has 1 aliphatic rings. The first-order valence-electron chi connectivity index (χ1n) is 7.58. The average molecular weight is 345 g/mol. The summed E-state index contributed by atoms with van der Waals surface area (Å²) in [5.41, 5.74) is 0.463. The van der Waals surface area contributed by atoms with Crippen molar-refractivity contribution in [1.29, 1.82) is 0 Å². The number of hydrogen-bond acceptors (Lipinski definition) is 3. The second-order valence-corrected chi connectivity index (χ2v) is 6.73. The summed E-state index contributed by atoms with van der Waals surface area (Å²) in [6.45, 7) is 1.46. The van der Waals surface area contributed by atoms with E-state index in [4.69, 9.17) is 23.2 Å². The highest BCUT2D eigenvalue weighted by molar-refractivity contribution is 6.39. The average Bonchev–Trinajstić information content (AvgIpc) is 2.86. The minimum atomic E-state index is -0.196. The number of aliphatic hydroxyl groups is 1. The summed E-state index contributed by atoms with van der Waals surface area (Å²) in [6.07, 6.45) is 3.21. The number of hydrogen-bond donors (Lipinski definition) is 2. The molecule has 0 spiro atoms. The molecule has 0 radical (unpaired) electrons. The molecule has 0 aromatic heterocycles. The third-order valence-electron chi connectivity index (χ3n) is 4.11. The van der Waals surface area contributed by atoms with Crippen LogP contribution in [0.3, 0.4) is 0 Å². The van der Waals surface area contributed by atoms with E-state index in [1.807, 2.05) is 7.05 Å². The van der Waals surface area contributed by atoms with Crippen LogP contribution in [0, 0.1) is 5.92 Å². The van der Waals surface area contributed by atoms with Gasteiger partial charge >= 0.3 is 0 Å². The van der Waals surface area contributed by atoms with E-state index in [9.17, 15) is 9.90 Å². The SMILES string of the molecule is CN(CCC(=O)Nc1c(Cl)cccc1Cl)CC1CCCC1O. The van der Waals surface area contributed by atoms with Gasteiger partial charge in [-0.2, -0.15) is 0 Å². The zero-order valence-corrected chi connectivity index (χ0v) is 14.2. The van der Waals surface area contributed by atoms with Crippen molar-refractivity contribution in [3.05, 3.63) is 28.2 Å². The molecule has 1 amide bonds. The minimum absolute atomic E-state index is 0.117. The summed E-state index contributed by atoms with van der Waals surface area (Å²) < 4.78 is 0. The van der Waals surface area contributed by atoms with Crippen LogP contribution in [0.1, 0.15) is 25.7 Å². The summed E-state index contributed by atoms with van der Waals surface area (Å²) >= 11 is 12.1. The molecule has 6 heteroatoms. The van der Waals surface area contributed by atoms with Crippen LogP contribution in [0.5, 0.6) is 0 Å². The minimum Gasteiger partial charge on any atom is -0.393 e. The maximum Gasteiger partial charge on any atom is 0.225 e. The van der Waals surface area contributed by atoms with E-state index in [-0.39, 0.29) is 12.0 Å². The standard InChI is InChI=1S/C16H22Cl2N2O2/c1-20(10-11-4-2-7-14(11)21)9-8-15(22)19-16-12(17)5-3-6-13(16)18/h3,5-6,11,14,21H,2,4,7-10H2,1H3,(H,19,22). The lowest BCUT2D eigenvalue weighted by Crippen LogP contribution is -2.32. The van der Waals surface area contributed by atoms with Gasteiger partial charge in [0.2, 0.25) is 5.91 Å². The molecule has 2 unspecified atom stereocenters. The Hall–Kier alpha value is -0.810. The van der Waals surface area contributed by atoms with Crippen LogP contribution in [0.25, 0.3) is 0 Å². The lowest BCUT2D eigenvalue weighted by atomic mass is 10.1. The molecule has 0 heterocycles. The predicted molar refractivity (Wildman–Crippen MR) is 90.6 cm³/mol. The second kappa shape index (κ2) is 8.16. The molecule has 1 aliphatic carbocycles. The number of carbonyl (C=O) groups is 1. The number of aliphatic hydroxyl groups excluding tert-OH is 1. The van der Waals surface area contributed by atoms with E-state index in [1.54, 1.807) is 18.2 Å². The van der Waals surface area contributed by atoms with Gasteiger partial charge in [-0.25, -0.2) is 0 Å². The number of benzene rings is 1. The van der Waals surface area contributed by atoms with Crippen LogP contribution in [0.15, 0.2) is 18.2 Å². The van der Waals surface area contributed by atoms with Gasteiger partial charge in [-0.3, -0.25) is 4.79 Å². The number of rotatable bonds is 6. The fraction of sp³-hybridized carbons (Fsp3) is 0.562. The van der Waals surface area contributed by atoms with Crippen molar-refractivity contribution in [3.63, 3.8) is 0 Å². The van der Waals surface area contributed by atoms with Crippen molar-refractivity contribution in [3.8, 4) is 0 Å². The molecular formula is C16H22Cl2N2O2. The van der Waals surface area contributed by atoms with Crippen molar-refractivity contribution in [2.45, 2.75) is 31.8 Å². The molecule has 1 aromatic rings. The summed E-state index contributed by atoms with van der Waals surface area (Å²) in [5.74, 6) is 0.208. The first-order chi connectivity index (χ1) is 10.5. The second-order valence-electron chi connectivity index (χ2n) is 5.92. The number of anilines is 1. The van der Waals surface area contributed by atoms with Crippen molar-refractivity contribution < 1.29 is 9.90 Å². The van der Waals surface area contributed by atoms with E-state index in [2.05, 4.69) is 10.2 Å². The fourth-order valence-corrected chi connectivity index (χ4v) is 3.33. The van der Waals surface area contributed by atoms with Crippen LogP contribution < -0.4 is 5.32 Å². The van der Waals surface area contributed by atoms with Gasteiger partial charge in [0.1, 0.15) is 0 Å². The molecule has 1 aromatic carbocycles. The predicted octanol–water partition coefficient (Wildman–Crippen LogP) is 3.41. The summed E-state index contributed by atoms with van der Waals surface area (Å²) in [5, 5.41) is 13.5. The number of para-hydroxylation sites is 1. The van der Waals surface area contributed by atoms with E-state index >= 15 is 0 Å². The van der Waals surface area contributed by atoms with Crippen LogP contribution in [0.2, 0.25) is 10.0 Å². The Labute approximate surface area is 141 Å². The van der Waals surface area contributed by atoms with E-state index in [0.717, 1.165) is 25.8 Å². The Balaban J connectivity index is 1.77. The Bertz CT molecular complexity index is 505. The molecule has 0 saturated heterocycles. The van der Waals surface area contributed by atoms with Gasteiger partial charge in [0.15, 0.2) is 0 Å². The quantitative estimate of drug-likeness (QED) is 0.831. The molecule has 1 fully saturated rings. The number of amides is 1. The lowest BCUT2D eigenvalue weighted by Gasteiger charge is -2.22. The third kappa shape index (κ3) is 4.85. The van der Waals surface area contributed by atoms with Gasteiger partial charge in [-0.05, 0) is 37.9 Å². The number of carbonyl (C=O) groups excluding carboxylic acids is 1. The molecule has 2 atom stereocenters. The Morgan fingerprint density at radius 1 is 1.36 bits per heavy atom. The largest absolute Gasteiger partial charge is 0.393 e. The van der Waals surface area contributed by atoms with Gasteiger partial charge < -0.3 is 15.3 Å². The third-order valence-corrected chi connectivity index (χ3v) is 4.74. The molecule has 1 saturated carbocycles. The molecule has 122 valence electrons. The summed E-state index contributed by atoms with van der Waals surface area (Å²) in [4.78, 5) is 14.1. The van der Waals surface area contributed by atoms with E-state index in [0.29, 0.717) is 34.6 Å². The van der Waals surface area contributed by atoms with E-state index in [1.165, 1.54) is 0 Å². The van der Waals surface area contributed by atoms with Crippen LogP contribution in [-0.4, -0.2) is 42.2 Å². The maximum atomic E-state index is 12.0. The van der Waals surface area contributed by atoms with Gasteiger partial charge in [-0.1, -0.05) is 35.7 Å². The Morgan fingerprint density at radius 3 is 2.64 bits per heavy atom. The normalized spacial score (nSPS) is 21.3. The topological polar surface area (TPSA) is 52.6 Å². The smallest absolute Gasteiger partial charge is 0.225 e. The maximum absolute atomic E-state index is 12.0. The molecular weight excluding hydrogens is 323 g/mol. The molecule has 0 aliphatic heterocycles. The molecule has 2 rings (SSSR count). The highest BCUT2D eigenvalue weighted by Gasteiger charge is 2.26. The van der Waals surface area contributed by atoms with Crippen molar-refractivity contribution >= 4 is 34.8 Å². The van der Waals surface area contributed by atoms with Gasteiger partial charge in [-0.15, -0.1) is 0 Å². The summed E-state index contributed by atoms with van der Waals surface area (Å²) in [6, 6.07) is 5.12. The number of halogens is 2. The first-order valence-corrected chi connectivity index (χ1v) is 8.33. The number of nitrogens with one attached hydrogen (secondary N) is 1. The Morgan fingerprint density at radius 2 is 2.05 bits per heavy atom. The lowest BCUT2D eigenvalue weighted by molar-refractivity contribution is -0.116. The van der Waals surface area contributed by atoms with Crippen molar-refractivity contribution in [2.24, 2.45) is 5.92 Å². The monoisotopic (exact) mass is 344 g/mol. The Kier molecular flexibility index (Phi) is 6.50. The zero-order chi connectivity index (χ0) is 16.1. The molecule has 2 N–H and O–H groups in total. The highest BCUT2D eigenvalue weighted by atomic mass is 35.5. The molecule has 4 nitrogen and oxygen atoms in total. The van der Waals surface area contributed by atoms with Crippen LogP contribution in [0.4, 0.5) is 5.69 Å². The highest BCUT2D eigenvalue weighted by Crippen LogP contribution is 2.30. The molecule has 22 heavy (non-hydrogen) atoms. The number of nitrogens with zero attached hydrogens (tertiary/aromatic N) is 1. The van der Waals surface area contributed by atoms with Gasteiger partial charge in [0.05, 0.1) is 21.8 Å².